The standard InChI is InChI=1S/C21H17N5O3/c1-13-18-11-19(25-21(18)23-12-22-13)15-4-6-16(7-5-15)24-20(27)10-14-2-8-17(9-3-14)26(28)29/h2-9,11-12H,10H2,1H3,(H,24,27)(H,22,23,25). The zero-order valence-corrected chi connectivity index (χ0v) is 15.5. The zero-order valence-electron chi connectivity index (χ0n) is 15.5. The topological polar surface area (TPSA) is 114 Å². The van der Waals surface area contributed by atoms with E-state index in [1.165, 1.54) is 18.5 Å². The smallest absolute Gasteiger partial charge is 0.269 e. The van der Waals surface area contributed by atoms with E-state index in [1.807, 2.05) is 37.3 Å². The number of hydrogen-bond acceptors (Lipinski definition) is 5. The first-order chi connectivity index (χ1) is 14.0. The van der Waals surface area contributed by atoms with E-state index in [9.17, 15) is 14.9 Å². The number of anilines is 1. The number of aryl methyl sites for hydroxylation is 1. The van der Waals surface area contributed by atoms with Crippen molar-refractivity contribution in [1.29, 1.82) is 0 Å². The highest BCUT2D eigenvalue weighted by molar-refractivity contribution is 5.92. The van der Waals surface area contributed by atoms with E-state index in [-0.39, 0.29) is 18.0 Å². The van der Waals surface area contributed by atoms with Gasteiger partial charge in [-0.2, -0.15) is 0 Å². The van der Waals surface area contributed by atoms with E-state index < -0.39 is 4.92 Å². The summed E-state index contributed by atoms with van der Waals surface area (Å²) in [6, 6.07) is 15.4. The third-order valence-electron chi connectivity index (χ3n) is 4.62. The molecule has 2 aromatic carbocycles. The third kappa shape index (κ3) is 3.96. The predicted octanol–water partition coefficient (Wildman–Crippen LogP) is 4.02. The van der Waals surface area contributed by atoms with Gasteiger partial charge in [0.1, 0.15) is 12.0 Å². The second-order valence-electron chi connectivity index (χ2n) is 6.63. The summed E-state index contributed by atoms with van der Waals surface area (Å²) < 4.78 is 0. The van der Waals surface area contributed by atoms with Gasteiger partial charge in [-0.25, -0.2) is 9.97 Å². The average molecular weight is 387 g/mol. The van der Waals surface area contributed by atoms with Crippen LogP contribution in [0.1, 0.15) is 11.3 Å². The Labute approximate surface area is 165 Å². The molecule has 0 unspecified atom stereocenters. The summed E-state index contributed by atoms with van der Waals surface area (Å²) in [6.45, 7) is 1.94. The van der Waals surface area contributed by atoms with Gasteiger partial charge in [-0.3, -0.25) is 14.9 Å². The van der Waals surface area contributed by atoms with Crippen LogP contribution in [0.15, 0.2) is 60.9 Å². The number of fused-ring (bicyclic) bond motifs is 1. The van der Waals surface area contributed by atoms with Crippen LogP contribution in [0.2, 0.25) is 0 Å². The van der Waals surface area contributed by atoms with Gasteiger partial charge in [0.15, 0.2) is 0 Å². The number of aromatic amines is 1. The van der Waals surface area contributed by atoms with Gasteiger partial charge in [0.05, 0.1) is 17.0 Å². The van der Waals surface area contributed by atoms with Crippen LogP contribution < -0.4 is 5.32 Å². The normalized spacial score (nSPS) is 10.8. The minimum Gasteiger partial charge on any atom is -0.339 e. The Morgan fingerprint density at radius 3 is 2.48 bits per heavy atom. The average Bonchev–Trinajstić information content (AvgIpc) is 3.15. The number of nitrogens with zero attached hydrogens (tertiary/aromatic N) is 3. The van der Waals surface area contributed by atoms with Crippen molar-refractivity contribution < 1.29 is 9.72 Å². The van der Waals surface area contributed by atoms with Gasteiger partial charge >= 0.3 is 0 Å². The van der Waals surface area contributed by atoms with Crippen molar-refractivity contribution in [3.8, 4) is 11.3 Å². The molecule has 2 N–H and O–H groups in total. The molecule has 4 rings (SSSR count). The first kappa shape index (κ1) is 18.3. The summed E-state index contributed by atoms with van der Waals surface area (Å²) >= 11 is 0. The first-order valence-corrected chi connectivity index (χ1v) is 8.93. The molecule has 0 aliphatic heterocycles. The number of benzene rings is 2. The van der Waals surface area contributed by atoms with Gasteiger partial charge < -0.3 is 10.3 Å². The van der Waals surface area contributed by atoms with Crippen LogP contribution >= 0.6 is 0 Å². The Kier molecular flexibility index (Phi) is 4.74. The number of aromatic nitrogens is 3. The highest BCUT2D eigenvalue weighted by Gasteiger charge is 2.09. The van der Waals surface area contributed by atoms with E-state index in [4.69, 9.17) is 0 Å². The molecule has 1 amide bonds. The van der Waals surface area contributed by atoms with Crippen LogP contribution in [0.3, 0.4) is 0 Å². The number of non-ortho nitro benzene ring substituents is 1. The number of nitrogens with one attached hydrogen (secondary N) is 2. The molecule has 29 heavy (non-hydrogen) atoms. The summed E-state index contributed by atoms with van der Waals surface area (Å²) in [4.78, 5) is 34.2. The maximum Gasteiger partial charge on any atom is 0.269 e. The summed E-state index contributed by atoms with van der Waals surface area (Å²) in [5.41, 5.74) is 4.97. The lowest BCUT2D eigenvalue weighted by Crippen LogP contribution is -2.14. The number of carbonyl (C=O) groups is 1. The fourth-order valence-electron chi connectivity index (χ4n) is 3.08. The van der Waals surface area contributed by atoms with Crippen molar-refractivity contribution in [3.63, 3.8) is 0 Å². The van der Waals surface area contributed by atoms with Gasteiger partial charge in [-0.15, -0.1) is 0 Å². The lowest BCUT2D eigenvalue weighted by atomic mass is 10.1. The van der Waals surface area contributed by atoms with E-state index in [0.717, 1.165) is 28.0 Å². The molecule has 0 spiro atoms. The molecule has 0 bridgehead atoms. The lowest BCUT2D eigenvalue weighted by Gasteiger charge is -2.06. The zero-order chi connectivity index (χ0) is 20.4. The van der Waals surface area contributed by atoms with Crippen molar-refractivity contribution in [2.24, 2.45) is 0 Å². The fourth-order valence-corrected chi connectivity index (χ4v) is 3.08. The highest BCUT2D eigenvalue weighted by Crippen LogP contribution is 2.25. The Hall–Kier alpha value is -4.07. The van der Waals surface area contributed by atoms with Gasteiger partial charge in [0.2, 0.25) is 5.91 Å². The Morgan fingerprint density at radius 1 is 1.10 bits per heavy atom. The Morgan fingerprint density at radius 2 is 1.83 bits per heavy atom. The highest BCUT2D eigenvalue weighted by atomic mass is 16.6. The molecular formula is C21H17N5O3. The second kappa shape index (κ2) is 7.51. The summed E-state index contributed by atoms with van der Waals surface area (Å²) in [7, 11) is 0. The van der Waals surface area contributed by atoms with Crippen molar-refractivity contribution >= 4 is 28.3 Å². The maximum absolute atomic E-state index is 12.2. The van der Waals surface area contributed by atoms with Crippen molar-refractivity contribution in [3.05, 3.63) is 82.3 Å². The van der Waals surface area contributed by atoms with Gasteiger partial charge in [0.25, 0.3) is 5.69 Å². The van der Waals surface area contributed by atoms with E-state index in [1.54, 1.807) is 12.1 Å². The molecule has 8 nitrogen and oxygen atoms in total. The molecule has 0 saturated heterocycles. The van der Waals surface area contributed by atoms with E-state index in [0.29, 0.717) is 11.3 Å². The number of amides is 1. The van der Waals surface area contributed by atoms with Crippen LogP contribution in [0.4, 0.5) is 11.4 Å². The monoisotopic (exact) mass is 387 g/mol. The number of carbonyl (C=O) groups excluding carboxylic acids is 1. The quantitative estimate of drug-likeness (QED) is 0.396. The van der Waals surface area contributed by atoms with Crippen LogP contribution in [-0.2, 0) is 11.2 Å². The number of rotatable bonds is 5. The van der Waals surface area contributed by atoms with Gasteiger partial charge in [0, 0.05) is 28.9 Å². The lowest BCUT2D eigenvalue weighted by molar-refractivity contribution is -0.384. The minimum absolute atomic E-state index is 0.00268. The fraction of sp³-hybridized carbons (Fsp3) is 0.0952. The minimum atomic E-state index is -0.466. The molecule has 2 heterocycles. The van der Waals surface area contributed by atoms with E-state index in [2.05, 4.69) is 20.3 Å². The maximum atomic E-state index is 12.2. The molecular weight excluding hydrogens is 370 g/mol. The number of nitro benzene ring substituents is 1. The first-order valence-electron chi connectivity index (χ1n) is 8.93. The molecule has 0 aliphatic carbocycles. The van der Waals surface area contributed by atoms with Crippen LogP contribution in [-0.4, -0.2) is 25.8 Å². The SMILES string of the molecule is Cc1ncnc2[nH]c(-c3ccc(NC(=O)Cc4ccc([N+](=O)[O-])cc4)cc3)cc12. The van der Waals surface area contributed by atoms with Crippen molar-refractivity contribution in [1.82, 2.24) is 15.0 Å². The van der Waals surface area contributed by atoms with Gasteiger partial charge in [-0.05, 0) is 36.2 Å². The predicted molar refractivity (Wildman–Crippen MR) is 109 cm³/mol. The molecule has 144 valence electrons. The second-order valence-corrected chi connectivity index (χ2v) is 6.63. The molecule has 0 fully saturated rings. The van der Waals surface area contributed by atoms with Crippen LogP contribution in [0.25, 0.3) is 22.3 Å². The molecule has 0 radical (unpaired) electrons. The van der Waals surface area contributed by atoms with E-state index >= 15 is 0 Å². The van der Waals surface area contributed by atoms with Crippen LogP contribution in [0, 0.1) is 17.0 Å². The molecule has 0 atom stereocenters. The summed E-state index contributed by atoms with van der Waals surface area (Å²) in [5, 5.41) is 14.5. The van der Waals surface area contributed by atoms with Crippen LogP contribution in [0.5, 0.6) is 0 Å². The van der Waals surface area contributed by atoms with Gasteiger partial charge in [-0.1, -0.05) is 24.3 Å². The number of nitro groups is 1. The molecule has 0 aliphatic rings. The summed E-state index contributed by atoms with van der Waals surface area (Å²) in [5.74, 6) is -0.192. The van der Waals surface area contributed by atoms with Crippen molar-refractivity contribution in [2.45, 2.75) is 13.3 Å². The molecule has 0 saturated carbocycles. The molecule has 4 aromatic rings. The largest absolute Gasteiger partial charge is 0.339 e. The van der Waals surface area contributed by atoms with Crippen molar-refractivity contribution in [2.75, 3.05) is 5.32 Å². The summed E-state index contributed by atoms with van der Waals surface area (Å²) in [6.07, 6.45) is 1.67. The molecule has 8 heteroatoms. The number of hydrogen-bond donors (Lipinski definition) is 2. The Balaban J connectivity index is 1.44. The Bertz CT molecular complexity index is 1200. The third-order valence-corrected chi connectivity index (χ3v) is 4.62. The molecule has 2 aromatic heterocycles. The number of H-pyrrole nitrogens is 1.